The molecule has 1 aliphatic rings. The summed E-state index contributed by atoms with van der Waals surface area (Å²) in [4.78, 5) is 10.4. The third-order valence-electron chi connectivity index (χ3n) is 3.17. The molecule has 2 aromatic heterocycles. The summed E-state index contributed by atoms with van der Waals surface area (Å²) in [7, 11) is 0. The first-order valence-corrected chi connectivity index (χ1v) is 6.33. The van der Waals surface area contributed by atoms with Crippen molar-refractivity contribution < 1.29 is 5.11 Å². The molecule has 1 aliphatic carbocycles. The number of hydrogen-bond acceptors (Lipinski definition) is 5. The number of nitrogens with zero attached hydrogens (tertiary/aromatic N) is 5. The lowest BCUT2D eigenvalue weighted by atomic mass is 10.3. The Morgan fingerprint density at radius 2 is 2.33 bits per heavy atom. The maximum atomic E-state index is 9.22. The van der Waals surface area contributed by atoms with E-state index in [0.29, 0.717) is 23.5 Å². The minimum atomic E-state index is 0.103. The van der Waals surface area contributed by atoms with Gasteiger partial charge in [-0.3, -0.25) is 0 Å². The van der Waals surface area contributed by atoms with Crippen LogP contribution < -0.4 is 4.90 Å². The number of halogens is 1. The van der Waals surface area contributed by atoms with Crippen molar-refractivity contribution in [2.24, 2.45) is 0 Å². The van der Waals surface area contributed by atoms with Crippen molar-refractivity contribution in [3.05, 3.63) is 17.0 Å². The average Bonchev–Trinajstić information content (AvgIpc) is 3.09. The molecule has 0 atom stereocenters. The van der Waals surface area contributed by atoms with Crippen LogP contribution in [0.5, 0.6) is 0 Å². The molecule has 0 unspecified atom stereocenters. The number of aliphatic hydroxyl groups excluding tert-OH is 1. The van der Waals surface area contributed by atoms with Crippen molar-refractivity contribution in [3.8, 4) is 0 Å². The summed E-state index contributed by atoms with van der Waals surface area (Å²) in [6.07, 6.45) is 3.73. The van der Waals surface area contributed by atoms with Gasteiger partial charge < -0.3 is 10.0 Å². The highest BCUT2D eigenvalue weighted by atomic mass is 35.5. The second-order valence-corrected chi connectivity index (χ2v) is 4.83. The zero-order chi connectivity index (χ0) is 12.7. The molecule has 2 heterocycles. The van der Waals surface area contributed by atoms with E-state index >= 15 is 0 Å². The van der Waals surface area contributed by atoms with Gasteiger partial charge in [-0.1, -0.05) is 11.6 Å². The van der Waals surface area contributed by atoms with Crippen LogP contribution in [-0.2, 0) is 0 Å². The summed E-state index contributed by atoms with van der Waals surface area (Å²) in [6.45, 7) is 2.59. The van der Waals surface area contributed by atoms with Gasteiger partial charge in [-0.2, -0.15) is 19.6 Å². The fourth-order valence-corrected chi connectivity index (χ4v) is 2.34. The molecule has 1 fully saturated rings. The van der Waals surface area contributed by atoms with E-state index in [0.717, 1.165) is 24.2 Å². The van der Waals surface area contributed by atoms with Crippen LogP contribution in [0.3, 0.4) is 0 Å². The summed E-state index contributed by atoms with van der Waals surface area (Å²) < 4.78 is 1.69. The van der Waals surface area contributed by atoms with Gasteiger partial charge in [-0.15, -0.1) is 0 Å². The summed E-state index contributed by atoms with van der Waals surface area (Å²) >= 11 is 6.14. The Labute approximate surface area is 109 Å². The minimum absolute atomic E-state index is 0.103. The van der Waals surface area contributed by atoms with E-state index in [-0.39, 0.29) is 6.61 Å². The third-order valence-corrected chi connectivity index (χ3v) is 3.54. The van der Waals surface area contributed by atoms with Gasteiger partial charge in [0, 0.05) is 18.2 Å². The molecule has 2 aromatic rings. The number of fused-ring (bicyclic) bond motifs is 1. The van der Waals surface area contributed by atoms with Crippen LogP contribution in [0.4, 0.5) is 5.82 Å². The molecule has 0 spiro atoms. The van der Waals surface area contributed by atoms with Crippen LogP contribution in [0.1, 0.15) is 18.4 Å². The lowest BCUT2D eigenvalue weighted by Gasteiger charge is -2.25. The highest BCUT2D eigenvalue weighted by molar-refractivity contribution is 6.30. The quantitative estimate of drug-likeness (QED) is 0.839. The third kappa shape index (κ3) is 1.81. The van der Waals surface area contributed by atoms with E-state index in [1.807, 2.05) is 6.92 Å². The van der Waals surface area contributed by atoms with Crippen LogP contribution >= 0.6 is 11.6 Å². The molecular formula is C11H14ClN5O. The first-order valence-electron chi connectivity index (χ1n) is 5.95. The van der Waals surface area contributed by atoms with Crippen molar-refractivity contribution in [3.63, 3.8) is 0 Å². The van der Waals surface area contributed by atoms with Gasteiger partial charge in [-0.05, 0) is 19.8 Å². The molecule has 0 bridgehead atoms. The second-order valence-electron chi connectivity index (χ2n) is 4.47. The molecule has 18 heavy (non-hydrogen) atoms. The number of aliphatic hydroxyl groups is 1. The summed E-state index contributed by atoms with van der Waals surface area (Å²) in [5.41, 5.74) is 0.870. The molecule has 0 aromatic carbocycles. The van der Waals surface area contributed by atoms with Crippen LogP contribution in [0.2, 0.25) is 5.15 Å². The molecule has 3 rings (SSSR count). The van der Waals surface area contributed by atoms with Gasteiger partial charge >= 0.3 is 0 Å². The molecule has 1 N–H and O–H groups in total. The molecule has 7 heteroatoms. The van der Waals surface area contributed by atoms with Gasteiger partial charge in [-0.25, -0.2) is 0 Å². The van der Waals surface area contributed by atoms with Crippen LogP contribution in [0.15, 0.2) is 6.33 Å². The highest BCUT2D eigenvalue weighted by Crippen LogP contribution is 2.34. The fraction of sp³-hybridized carbons (Fsp3) is 0.545. The zero-order valence-electron chi connectivity index (χ0n) is 10.0. The lowest BCUT2D eigenvalue weighted by molar-refractivity contribution is 0.300. The number of aromatic nitrogens is 4. The van der Waals surface area contributed by atoms with Gasteiger partial charge in [0.2, 0.25) is 0 Å². The SMILES string of the molecule is Cc1c(Cl)nc2ncnn2c1N(CCO)C1CC1. The van der Waals surface area contributed by atoms with Gasteiger partial charge in [0.05, 0.1) is 6.61 Å². The average molecular weight is 268 g/mol. The van der Waals surface area contributed by atoms with E-state index in [1.54, 1.807) is 4.52 Å². The summed E-state index contributed by atoms with van der Waals surface area (Å²) in [5, 5.41) is 13.9. The summed E-state index contributed by atoms with van der Waals surface area (Å²) in [5.74, 6) is 1.38. The van der Waals surface area contributed by atoms with Crippen molar-refractivity contribution in [1.82, 2.24) is 19.6 Å². The Morgan fingerprint density at radius 3 is 3.00 bits per heavy atom. The molecular weight excluding hydrogens is 254 g/mol. The van der Waals surface area contributed by atoms with Gasteiger partial charge in [0.15, 0.2) is 0 Å². The first kappa shape index (κ1) is 11.7. The molecule has 96 valence electrons. The summed E-state index contributed by atoms with van der Waals surface area (Å²) in [6, 6.07) is 0.460. The molecule has 6 nitrogen and oxygen atoms in total. The van der Waals surface area contributed by atoms with Crippen molar-refractivity contribution in [2.75, 3.05) is 18.1 Å². The Hall–Kier alpha value is -1.40. The zero-order valence-corrected chi connectivity index (χ0v) is 10.8. The van der Waals surface area contributed by atoms with E-state index in [9.17, 15) is 5.11 Å². The van der Waals surface area contributed by atoms with Crippen LogP contribution in [0.25, 0.3) is 5.78 Å². The van der Waals surface area contributed by atoms with Gasteiger partial charge in [0.1, 0.15) is 17.3 Å². The monoisotopic (exact) mass is 267 g/mol. The number of rotatable bonds is 4. The van der Waals surface area contributed by atoms with Crippen molar-refractivity contribution in [2.45, 2.75) is 25.8 Å². The molecule has 0 amide bonds. The first-order chi connectivity index (χ1) is 8.72. The Kier molecular flexibility index (Phi) is 2.83. The number of anilines is 1. The fourth-order valence-electron chi connectivity index (χ4n) is 2.18. The molecule has 0 radical (unpaired) electrons. The van der Waals surface area contributed by atoms with E-state index in [1.165, 1.54) is 6.33 Å². The maximum absolute atomic E-state index is 9.22. The van der Waals surface area contributed by atoms with Crippen molar-refractivity contribution in [1.29, 1.82) is 0 Å². The molecule has 0 aliphatic heterocycles. The number of hydrogen-bond donors (Lipinski definition) is 1. The van der Waals surface area contributed by atoms with Crippen LogP contribution in [0, 0.1) is 6.92 Å². The standard InChI is InChI=1S/C11H14ClN5O/c1-7-9(12)15-11-13-6-14-17(11)10(7)16(4-5-18)8-2-3-8/h6,8,18H,2-5H2,1H3. The van der Waals surface area contributed by atoms with E-state index in [4.69, 9.17) is 11.6 Å². The Bertz CT molecular complexity index is 580. The second kappa shape index (κ2) is 4.37. The molecule has 0 saturated heterocycles. The predicted octanol–water partition coefficient (Wildman–Crippen LogP) is 1.05. The lowest BCUT2D eigenvalue weighted by Crippen LogP contribution is -2.31. The maximum Gasteiger partial charge on any atom is 0.255 e. The topological polar surface area (TPSA) is 66.5 Å². The van der Waals surface area contributed by atoms with Crippen molar-refractivity contribution >= 4 is 23.2 Å². The van der Waals surface area contributed by atoms with Crippen LogP contribution in [-0.4, -0.2) is 43.9 Å². The Morgan fingerprint density at radius 1 is 1.56 bits per heavy atom. The smallest absolute Gasteiger partial charge is 0.255 e. The highest BCUT2D eigenvalue weighted by Gasteiger charge is 2.32. The largest absolute Gasteiger partial charge is 0.395 e. The minimum Gasteiger partial charge on any atom is -0.395 e. The van der Waals surface area contributed by atoms with Gasteiger partial charge in [0.25, 0.3) is 5.78 Å². The molecule has 1 saturated carbocycles. The predicted molar refractivity (Wildman–Crippen MR) is 68.0 cm³/mol. The Balaban J connectivity index is 2.18. The normalized spacial score (nSPS) is 15.3. The van der Waals surface area contributed by atoms with E-state index in [2.05, 4.69) is 20.0 Å². The van der Waals surface area contributed by atoms with E-state index < -0.39 is 0 Å².